The third-order valence-corrected chi connectivity index (χ3v) is 5.66. The Bertz CT molecular complexity index is 1080. The van der Waals surface area contributed by atoms with Gasteiger partial charge in [-0.05, 0) is 37.1 Å². The van der Waals surface area contributed by atoms with E-state index in [4.69, 9.17) is 0 Å². The molecule has 0 aliphatic rings. The van der Waals surface area contributed by atoms with E-state index in [2.05, 4.69) is 34.1 Å². The molecule has 0 radical (unpaired) electrons. The molecule has 0 aliphatic heterocycles. The lowest BCUT2D eigenvalue weighted by atomic mass is 10.1. The fourth-order valence-corrected chi connectivity index (χ4v) is 4.06. The number of hydrogen-bond donors (Lipinski definition) is 1. The van der Waals surface area contributed by atoms with Crippen LogP contribution in [0.3, 0.4) is 0 Å². The maximum Gasteiger partial charge on any atom is 0.139 e. The Labute approximate surface area is 154 Å². The van der Waals surface area contributed by atoms with Crippen molar-refractivity contribution in [3.8, 4) is 0 Å². The minimum Gasteiger partial charge on any atom is -0.356 e. The first-order valence-electron chi connectivity index (χ1n) is 8.24. The molecule has 7 heteroatoms. The van der Waals surface area contributed by atoms with Crippen LogP contribution in [0.2, 0.25) is 0 Å². The number of rotatable bonds is 4. The van der Waals surface area contributed by atoms with Crippen molar-refractivity contribution in [1.82, 2.24) is 19.5 Å². The first-order chi connectivity index (χ1) is 12.5. The fourth-order valence-electron chi connectivity index (χ4n) is 3.07. The van der Waals surface area contributed by atoms with Crippen LogP contribution in [0.5, 0.6) is 0 Å². The lowest BCUT2D eigenvalue weighted by Crippen LogP contribution is -2.18. The van der Waals surface area contributed by atoms with Crippen molar-refractivity contribution in [3.63, 3.8) is 0 Å². The number of nitrogens with zero attached hydrogens (tertiary/aromatic N) is 4. The maximum absolute atomic E-state index is 13.8. The highest BCUT2D eigenvalue weighted by Crippen LogP contribution is 2.35. The quantitative estimate of drug-likeness (QED) is 0.581. The van der Waals surface area contributed by atoms with Crippen LogP contribution in [0.15, 0.2) is 43.0 Å². The van der Waals surface area contributed by atoms with Gasteiger partial charge in [0.25, 0.3) is 0 Å². The molecule has 1 N–H and O–H groups in total. The number of hydrogen-bond acceptors (Lipinski definition) is 5. The number of halogens is 1. The van der Waals surface area contributed by atoms with E-state index in [1.807, 2.05) is 23.9 Å². The lowest BCUT2D eigenvalue weighted by Gasteiger charge is -2.20. The number of nitrogens with one attached hydrogen (secondary N) is 1. The summed E-state index contributed by atoms with van der Waals surface area (Å²) in [5.74, 6) is 1.24. The van der Waals surface area contributed by atoms with E-state index in [0.717, 1.165) is 33.0 Å². The van der Waals surface area contributed by atoms with E-state index in [1.54, 1.807) is 29.9 Å². The Hall–Kier alpha value is -2.80. The van der Waals surface area contributed by atoms with E-state index in [9.17, 15) is 4.39 Å². The Balaban J connectivity index is 1.85. The normalized spacial score (nSPS) is 12.5. The molecule has 0 spiro atoms. The number of imidazole rings is 1. The van der Waals surface area contributed by atoms with Crippen molar-refractivity contribution >= 4 is 27.4 Å². The second-order valence-corrected chi connectivity index (χ2v) is 7.42. The highest BCUT2D eigenvalue weighted by molar-refractivity contribution is 7.18. The third kappa shape index (κ3) is 2.84. The Morgan fingerprint density at radius 2 is 2.04 bits per heavy atom. The summed E-state index contributed by atoms with van der Waals surface area (Å²) in [4.78, 5) is 15.5. The largest absolute Gasteiger partial charge is 0.356 e. The van der Waals surface area contributed by atoms with Crippen molar-refractivity contribution in [2.75, 3.05) is 5.32 Å². The van der Waals surface area contributed by atoms with Crippen molar-refractivity contribution < 1.29 is 4.39 Å². The Kier molecular flexibility index (Phi) is 4.16. The summed E-state index contributed by atoms with van der Waals surface area (Å²) >= 11 is 1.65. The molecule has 132 valence electrons. The molecule has 4 rings (SSSR count). The van der Waals surface area contributed by atoms with Crippen molar-refractivity contribution in [1.29, 1.82) is 0 Å². The molecule has 3 aromatic heterocycles. The molecule has 5 nitrogen and oxygen atoms in total. The summed E-state index contributed by atoms with van der Waals surface area (Å²) in [5, 5.41) is 4.47. The van der Waals surface area contributed by atoms with E-state index in [-0.39, 0.29) is 11.9 Å². The number of thiophene rings is 1. The van der Waals surface area contributed by atoms with Gasteiger partial charge in [-0.3, -0.25) is 0 Å². The van der Waals surface area contributed by atoms with Crippen LogP contribution in [0, 0.1) is 19.7 Å². The second-order valence-electron chi connectivity index (χ2n) is 6.21. The number of anilines is 1. The van der Waals surface area contributed by atoms with Crippen LogP contribution in [-0.2, 0) is 7.05 Å². The highest BCUT2D eigenvalue weighted by atomic mass is 32.1. The number of aromatic nitrogens is 4. The van der Waals surface area contributed by atoms with Gasteiger partial charge in [0, 0.05) is 24.3 Å². The summed E-state index contributed by atoms with van der Waals surface area (Å²) in [7, 11) is 1.92. The predicted octanol–water partition coefficient (Wildman–Crippen LogP) is 4.38. The van der Waals surface area contributed by atoms with Crippen LogP contribution in [-0.4, -0.2) is 19.5 Å². The summed E-state index contributed by atoms with van der Waals surface area (Å²) in [6.45, 7) is 4.15. The van der Waals surface area contributed by atoms with E-state index in [1.165, 1.54) is 17.0 Å². The molecule has 0 unspecified atom stereocenters. The molecule has 0 bridgehead atoms. The van der Waals surface area contributed by atoms with Gasteiger partial charge < -0.3 is 9.88 Å². The lowest BCUT2D eigenvalue weighted by molar-refractivity contribution is 0.622. The van der Waals surface area contributed by atoms with E-state index < -0.39 is 0 Å². The van der Waals surface area contributed by atoms with Gasteiger partial charge in [-0.15, -0.1) is 11.3 Å². The third-order valence-electron chi connectivity index (χ3n) is 4.55. The average molecular weight is 367 g/mol. The number of fused-ring (bicyclic) bond motifs is 1. The fraction of sp³-hybridized carbons (Fsp3) is 0.211. The van der Waals surface area contributed by atoms with Gasteiger partial charge in [0.2, 0.25) is 0 Å². The molecule has 4 aromatic rings. The molecular weight excluding hydrogens is 349 g/mol. The minimum absolute atomic E-state index is 0.279. The van der Waals surface area contributed by atoms with Crippen molar-refractivity contribution in [2.45, 2.75) is 19.9 Å². The molecule has 1 aromatic carbocycles. The molecule has 1 atom stereocenters. The van der Waals surface area contributed by atoms with Gasteiger partial charge in [0.05, 0.1) is 5.39 Å². The van der Waals surface area contributed by atoms with Gasteiger partial charge in [-0.1, -0.05) is 12.1 Å². The van der Waals surface area contributed by atoms with Crippen molar-refractivity contribution in [2.24, 2.45) is 7.05 Å². The molecule has 3 heterocycles. The van der Waals surface area contributed by atoms with Crippen LogP contribution < -0.4 is 5.32 Å². The second kappa shape index (κ2) is 6.49. The van der Waals surface area contributed by atoms with Gasteiger partial charge in [-0.25, -0.2) is 19.3 Å². The molecule has 0 amide bonds. The van der Waals surface area contributed by atoms with Crippen LogP contribution in [0.25, 0.3) is 10.2 Å². The molecule has 0 fully saturated rings. The number of benzene rings is 1. The minimum atomic E-state index is -0.330. The predicted molar refractivity (Wildman–Crippen MR) is 102 cm³/mol. The van der Waals surface area contributed by atoms with Gasteiger partial charge in [0.15, 0.2) is 0 Å². The molecule has 0 saturated carbocycles. The Morgan fingerprint density at radius 3 is 2.77 bits per heavy atom. The van der Waals surface area contributed by atoms with Gasteiger partial charge in [-0.2, -0.15) is 0 Å². The van der Waals surface area contributed by atoms with Crippen LogP contribution >= 0.6 is 11.3 Å². The summed E-state index contributed by atoms with van der Waals surface area (Å²) in [5.41, 5.74) is 1.95. The van der Waals surface area contributed by atoms with E-state index >= 15 is 0 Å². The smallest absolute Gasteiger partial charge is 0.139 e. The summed E-state index contributed by atoms with van der Waals surface area (Å²) in [6.07, 6.45) is 5.17. The number of aryl methyl sites for hydroxylation is 3. The summed E-state index contributed by atoms with van der Waals surface area (Å²) in [6, 6.07) is 6.23. The zero-order valence-electron chi connectivity index (χ0n) is 14.7. The zero-order valence-corrected chi connectivity index (χ0v) is 15.5. The molecular formula is C19H18FN5S. The molecule has 26 heavy (non-hydrogen) atoms. The first-order valence-corrected chi connectivity index (χ1v) is 9.06. The van der Waals surface area contributed by atoms with Crippen molar-refractivity contribution in [3.05, 3.63) is 70.6 Å². The van der Waals surface area contributed by atoms with Crippen LogP contribution in [0.1, 0.15) is 27.9 Å². The topological polar surface area (TPSA) is 55.6 Å². The standard InChI is InChI=1S/C19H18FN5S/c1-11-12(2)26-19-15(11)17(22-10-23-19)24-16(18-21-7-8-25(18)3)13-5-4-6-14(20)9-13/h4-10,16H,1-3H3,(H,22,23,24)/t16-/m1/s1. The van der Waals surface area contributed by atoms with Gasteiger partial charge >= 0.3 is 0 Å². The SMILES string of the molecule is Cc1sc2ncnc(N[C@H](c3cccc(F)c3)c3nccn3C)c2c1C. The summed E-state index contributed by atoms with van der Waals surface area (Å²) < 4.78 is 15.8. The first kappa shape index (κ1) is 16.7. The highest BCUT2D eigenvalue weighted by Gasteiger charge is 2.22. The van der Waals surface area contributed by atoms with Crippen LogP contribution in [0.4, 0.5) is 10.2 Å². The molecule has 0 saturated heterocycles. The Morgan fingerprint density at radius 1 is 1.19 bits per heavy atom. The van der Waals surface area contributed by atoms with E-state index in [0.29, 0.717) is 0 Å². The van der Waals surface area contributed by atoms with Gasteiger partial charge in [0.1, 0.15) is 34.7 Å². The maximum atomic E-state index is 13.8. The zero-order chi connectivity index (χ0) is 18.3. The monoisotopic (exact) mass is 367 g/mol. The average Bonchev–Trinajstić information content (AvgIpc) is 3.17. The molecule has 0 aliphatic carbocycles.